The highest BCUT2D eigenvalue weighted by Gasteiger charge is 2.47. The van der Waals surface area contributed by atoms with E-state index in [1.165, 1.54) is 12.0 Å². The van der Waals surface area contributed by atoms with Crippen molar-refractivity contribution >= 4 is 17.3 Å². The van der Waals surface area contributed by atoms with Crippen LogP contribution in [0.1, 0.15) is 4.88 Å². The number of rotatable bonds is 5. The molecule has 0 unspecified atom stereocenters. The van der Waals surface area contributed by atoms with E-state index in [2.05, 4.69) is 16.3 Å². The number of nitrogens with zero attached hydrogens (tertiary/aromatic N) is 1. The Balaban J connectivity index is 1.92. The minimum atomic E-state index is -0.458. The first-order valence-electron chi connectivity index (χ1n) is 5.53. The van der Waals surface area contributed by atoms with Gasteiger partial charge in [0, 0.05) is 18.0 Å². The van der Waals surface area contributed by atoms with Gasteiger partial charge in [-0.1, -0.05) is 6.07 Å². The van der Waals surface area contributed by atoms with Crippen molar-refractivity contribution in [3.05, 3.63) is 22.4 Å². The Morgan fingerprint density at radius 1 is 1.65 bits per heavy atom. The van der Waals surface area contributed by atoms with Crippen LogP contribution in [0, 0.1) is 5.41 Å². The fourth-order valence-corrected chi connectivity index (χ4v) is 2.86. The molecule has 2 heterocycles. The van der Waals surface area contributed by atoms with Gasteiger partial charge in [0.05, 0.1) is 20.3 Å². The van der Waals surface area contributed by atoms with Gasteiger partial charge < -0.3 is 9.47 Å². The Kier molecular flexibility index (Phi) is 3.81. The maximum atomic E-state index is 11.7. The molecule has 1 saturated heterocycles. The van der Waals surface area contributed by atoms with Gasteiger partial charge in [0.15, 0.2) is 0 Å². The van der Waals surface area contributed by atoms with Crippen LogP contribution >= 0.6 is 11.3 Å². The lowest BCUT2D eigenvalue weighted by molar-refractivity contribution is -0.186. The first-order valence-corrected chi connectivity index (χ1v) is 6.41. The van der Waals surface area contributed by atoms with Crippen molar-refractivity contribution in [1.29, 1.82) is 0 Å². The first-order chi connectivity index (χ1) is 8.16. The summed E-state index contributed by atoms with van der Waals surface area (Å²) in [6.07, 6.45) is 0. The molecule has 0 amide bonds. The summed E-state index contributed by atoms with van der Waals surface area (Å²) in [7, 11) is 3.45. The Morgan fingerprint density at radius 2 is 2.41 bits per heavy atom. The van der Waals surface area contributed by atoms with Crippen molar-refractivity contribution in [1.82, 2.24) is 4.90 Å². The van der Waals surface area contributed by atoms with Gasteiger partial charge in [0.2, 0.25) is 0 Å². The number of ether oxygens (including phenoxy) is 2. The van der Waals surface area contributed by atoms with Crippen molar-refractivity contribution in [2.45, 2.75) is 6.54 Å². The summed E-state index contributed by atoms with van der Waals surface area (Å²) in [6, 6.07) is 4.14. The largest absolute Gasteiger partial charge is 0.468 e. The van der Waals surface area contributed by atoms with Crippen LogP contribution in [-0.2, 0) is 20.8 Å². The molecule has 1 aliphatic heterocycles. The maximum Gasteiger partial charge on any atom is 0.317 e. The molecule has 0 saturated carbocycles. The predicted octanol–water partition coefficient (Wildman–Crippen LogP) is 1.37. The third kappa shape index (κ3) is 2.68. The van der Waals surface area contributed by atoms with Gasteiger partial charge in [0.25, 0.3) is 0 Å². The molecule has 5 heteroatoms. The van der Waals surface area contributed by atoms with Crippen LogP contribution in [-0.4, -0.2) is 44.8 Å². The first kappa shape index (κ1) is 12.5. The van der Waals surface area contributed by atoms with E-state index in [0.717, 1.165) is 6.54 Å². The van der Waals surface area contributed by atoms with Crippen molar-refractivity contribution in [3.63, 3.8) is 0 Å². The summed E-state index contributed by atoms with van der Waals surface area (Å²) in [4.78, 5) is 15.2. The summed E-state index contributed by atoms with van der Waals surface area (Å²) >= 11 is 1.73. The van der Waals surface area contributed by atoms with E-state index < -0.39 is 5.41 Å². The molecule has 1 aliphatic rings. The second-order valence-electron chi connectivity index (χ2n) is 4.52. The third-order valence-corrected chi connectivity index (χ3v) is 3.81. The molecule has 0 spiro atoms. The fourth-order valence-electron chi connectivity index (χ4n) is 2.08. The second-order valence-corrected chi connectivity index (χ2v) is 5.55. The summed E-state index contributed by atoms with van der Waals surface area (Å²) in [5.41, 5.74) is -0.458. The van der Waals surface area contributed by atoms with Crippen molar-refractivity contribution in [2.75, 3.05) is 33.9 Å². The van der Waals surface area contributed by atoms with Crippen LogP contribution in [0.25, 0.3) is 0 Å². The molecule has 0 N–H and O–H groups in total. The van der Waals surface area contributed by atoms with E-state index >= 15 is 0 Å². The lowest BCUT2D eigenvalue weighted by Gasteiger charge is -2.40. The van der Waals surface area contributed by atoms with Crippen LogP contribution in [0.2, 0.25) is 0 Å². The van der Waals surface area contributed by atoms with E-state index in [0.29, 0.717) is 19.8 Å². The Hall–Kier alpha value is -0.910. The molecule has 4 nitrogen and oxygen atoms in total. The predicted molar refractivity (Wildman–Crippen MR) is 65.9 cm³/mol. The van der Waals surface area contributed by atoms with Crippen LogP contribution in [0.15, 0.2) is 17.5 Å². The van der Waals surface area contributed by atoms with Crippen molar-refractivity contribution < 1.29 is 14.3 Å². The van der Waals surface area contributed by atoms with Gasteiger partial charge in [-0.15, -0.1) is 11.3 Å². The quantitative estimate of drug-likeness (QED) is 0.745. The number of esters is 1. The van der Waals surface area contributed by atoms with Crippen molar-refractivity contribution in [3.8, 4) is 0 Å². The zero-order chi connectivity index (χ0) is 12.3. The lowest BCUT2D eigenvalue weighted by Crippen LogP contribution is -2.55. The molecular weight excluding hydrogens is 238 g/mol. The minimum absolute atomic E-state index is 0.165. The van der Waals surface area contributed by atoms with Gasteiger partial charge in [-0.25, -0.2) is 0 Å². The molecule has 0 bridgehead atoms. The van der Waals surface area contributed by atoms with Gasteiger partial charge in [-0.2, -0.15) is 0 Å². The maximum absolute atomic E-state index is 11.7. The Morgan fingerprint density at radius 3 is 2.88 bits per heavy atom. The highest BCUT2D eigenvalue weighted by atomic mass is 32.1. The highest BCUT2D eigenvalue weighted by Crippen LogP contribution is 2.30. The van der Waals surface area contributed by atoms with Gasteiger partial charge in [-0.05, 0) is 18.5 Å². The molecular formula is C12H17NO3S. The van der Waals surface area contributed by atoms with Crippen molar-refractivity contribution in [2.24, 2.45) is 5.41 Å². The average molecular weight is 255 g/mol. The third-order valence-electron chi connectivity index (χ3n) is 2.95. The topological polar surface area (TPSA) is 38.8 Å². The molecule has 0 radical (unpaired) electrons. The molecule has 2 rings (SSSR count). The number of thiophene rings is 1. The van der Waals surface area contributed by atoms with E-state index in [9.17, 15) is 4.79 Å². The zero-order valence-electron chi connectivity index (χ0n) is 10.1. The molecule has 17 heavy (non-hydrogen) atoms. The Bertz CT molecular complexity index is 373. The molecule has 94 valence electrons. The van der Waals surface area contributed by atoms with Crippen LogP contribution in [0.4, 0.5) is 0 Å². The van der Waals surface area contributed by atoms with Gasteiger partial charge in [-0.3, -0.25) is 9.69 Å². The minimum Gasteiger partial charge on any atom is -0.468 e. The summed E-state index contributed by atoms with van der Waals surface area (Å²) in [6.45, 7) is 2.47. The Labute approximate surface area is 105 Å². The fraction of sp³-hybridized carbons (Fsp3) is 0.583. The van der Waals surface area contributed by atoms with Crippen LogP contribution in [0.5, 0.6) is 0 Å². The zero-order valence-corrected chi connectivity index (χ0v) is 11.0. The van der Waals surface area contributed by atoms with E-state index in [1.807, 2.05) is 13.1 Å². The van der Waals surface area contributed by atoms with Gasteiger partial charge in [0.1, 0.15) is 5.41 Å². The average Bonchev–Trinajstić information content (AvgIpc) is 2.75. The normalized spacial score (nSPS) is 17.8. The van der Waals surface area contributed by atoms with E-state index in [-0.39, 0.29) is 5.97 Å². The number of hydrogen-bond acceptors (Lipinski definition) is 5. The summed E-state index contributed by atoms with van der Waals surface area (Å²) in [5, 5.41) is 2.06. The monoisotopic (exact) mass is 255 g/mol. The SMILES string of the molecule is COC(=O)C1(CN(C)Cc2cccs2)COC1. The highest BCUT2D eigenvalue weighted by molar-refractivity contribution is 7.09. The second kappa shape index (κ2) is 5.16. The number of hydrogen-bond donors (Lipinski definition) is 0. The number of carbonyl (C=O) groups excluding carboxylic acids is 1. The molecule has 0 atom stereocenters. The molecule has 1 aromatic heterocycles. The molecule has 1 aromatic rings. The lowest BCUT2D eigenvalue weighted by atomic mass is 9.85. The molecule has 0 aromatic carbocycles. The molecule has 0 aliphatic carbocycles. The smallest absolute Gasteiger partial charge is 0.317 e. The summed E-state index contributed by atoms with van der Waals surface area (Å²) < 4.78 is 10.0. The molecule has 1 fully saturated rings. The van der Waals surface area contributed by atoms with E-state index in [4.69, 9.17) is 9.47 Å². The number of methoxy groups -OCH3 is 1. The summed E-state index contributed by atoms with van der Waals surface area (Å²) in [5.74, 6) is -0.165. The van der Waals surface area contributed by atoms with E-state index in [1.54, 1.807) is 11.3 Å². The van der Waals surface area contributed by atoms with Crippen LogP contribution in [0.3, 0.4) is 0 Å². The van der Waals surface area contributed by atoms with Gasteiger partial charge >= 0.3 is 5.97 Å². The number of carbonyl (C=O) groups is 1. The standard InChI is InChI=1S/C12H17NO3S/c1-13(6-10-4-3-5-17-10)7-12(8-16-9-12)11(14)15-2/h3-5H,6-9H2,1-2H3. The van der Waals surface area contributed by atoms with Crippen LogP contribution < -0.4 is 0 Å².